The van der Waals surface area contributed by atoms with Crippen LogP contribution in [0.1, 0.15) is 29.3 Å². The Morgan fingerprint density at radius 3 is 2.82 bits per heavy atom. The van der Waals surface area contributed by atoms with Gasteiger partial charge in [-0.3, -0.25) is 9.59 Å². The van der Waals surface area contributed by atoms with Crippen molar-refractivity contribution in [2.24, 2.45) is 0 Å². The minimum absolute atomic E-state index is 0.0391. The van der Waals surface area contributed by atoms with Crippen molar-refractivity contribution in [1.82, 2.24) is 4.90 Å². The van der Waals surface area contributed by atoms with Crippen molar-refractivity contribution in [3.63, 3.8) is 0 Å². The lowest BCUT2D eigenvalue weighted by Gasteiger charge is -2.31. The number of methoxy groups -OCH3 is 1. The van der Waals surface area contributed by atoms with Gasteiger partial charge in [0.15, 0.2) is 0 Å². The zero-order valence-corrected chi connectivity index (χ0v) is 16.3. The van der Waals surface area contributed by atoms with E-state index in [-0.39, 0.29) is 17.9 Å². The number of anilines is 1. The topological polar surface area (TPSA) is 67.9 Å². The number of ether oxygens (including phenoxy) is 2. The fourth-order valence-corrected chi connectivity index (χ4v) is 3.22. The first kappa shape index (κ1) is 19.9. The summed E-state index contributed by atoms with van der Waals surface area (Å²) >= 11 is 0. The van der Waals surface area contributed by atoms with Crippen LogP contribution in [0, 0.1) is 0 Å². The normalized spacial score (nSPS) is 16.5. The summed E-state index contributed by atoms with van der Waals surface area (Å²) in [6.07, 6.45) is 1.01. The molecule has 6 heteroatoms. The molecule has 6 nitrogen and oxygen atoms in total. The van der Waals surface area contributed by atoms with Crippen molar-refractivity contribution >= 4 is 17.5 Å². The minimum atomic E-state index is -0.0904. The van der Waals surface area contributed by atoms with Crippen LogP contribution in [0.4, 0.5) is 5.69 Å². The van der Waals surface area contributed by atoms with Gasteiger partial charge in [0.05, 0.1) is 19.8 Å². The number of hydrogen-bond donors (Lipinski definition) is 1. The highest BCUT2D eigenvalue weighted by Gasteiger charge is 2.22. The molecule has 1 aliphatic rings. The number of carbonyl (C=O) groups excluding carboxylic acids is 2. The van der Waals surface area contributed by atoms with Crippen LogP contribution in [0.15, 0.2) is 48.5 Å². The molecular formula is C22H26N2O4. The van der Waals surface area contributed by atoms with Crippen LogP contribution in [0.2, 0.25) is 0 Å². The summed E-state index contributed by atoms with van der Waals surface area (Å²) in [6, 6.07) is 14.8. The van der Waals surface area contributed by atoms with Gasteiger partial charge in [-0.25, -0.2) is 0 Å². The zero-order chi connectivity index (χ0) is 19.9. The number of rotatable bonds is 6. The number of carbonyl (C=O) groups is 2. The van der Waals surface area contributed by atoms with Crippen molar-refractivity contribution in [2.75, 3.05) is 32.1 Å². The molecule has 1 atom stereocenters. The number of benzene rings is 2. The molecule has 0 aromatic heterocycles. The number of hydrogen-bond acceptors (Lipinski definition) is 4. The molecule has 0 radical (unpaired) electrons. The highest BCUT2D eigenvalue weighted by atomic mass is 16.5. The Morgan fingerprint density at radius 1 is 1.21 bits per heavy atom. The van der Waals surface area contributed by atoms with Crippen LogP contribution in [-0.2, 0) is 16.0 Å². The standard InChI is InChI=1S/C22H26N2O4/c1-16-15-24(11-12-28-16)22(26)18-6-4-7-19(14-18)23-21(25)10-9-17-5-3-8-20(13-17)27-2/h3-8,13-14,16H,9-12,15H2,1-2H3,(H,23,25). The van der Waals surface area contributed by atoms with E-state index >= 15 is 0 Å². The Morgan fingerprint density at radius 2 is 2.04 bits per heavy atom. The average molecular weight is 382 g/mol. The zero-order valence-electron chi connectivity index (χ0n) is 16.3. The third-order valence-electron chi connectivity index (χ3n) is 4.70. The van der Waals surface area contributed by atoms with Gasteiger partial charge in [-0.15, -0.1) is 0 Å². The molecule has 28 heavy (non-hydrogen) atoms. The van der Waals surface area contributed by atoms with Gasteiger partial charge in [0.1, 0.15) is 5.75 Å². The Bertz CT molecular complexity index is 837. The average Bonchev–Trinajstić information content (AvgIpc) is 2.72. The maximum atomic E-state index is 12.7. The van der Waals surface area contributed by atoms with E-state index in [1.807, 2.05) is 31.2 Å². The van der Waals surface area contributed by atoms with Crippen LogP contribution >= 0.6 is 0 Å². The van der Waals surface area contributed by atoms with Gasteiger partial charge < -0.3 is 19.7 Å². The minimum Gasteiger partial charge on any atom is -0.497 e. The molecule has 2 aromatic rings. The SMILES string of the molecule is COc1cccc(CCC(=O)Nc2cccc(C(=O)N3CCOC(C)C3)c2)c1. The molecule has 1 fully saturated rings. The summed E-state index contributed by atoms with van der Waals surface area (Å²) < 4.78 is 10.7. The molecule has 1 unspecified atom stereocenters. The van der Waals surface area contributed by atoms with Crippen LogP contribution < -0.4 is 10.1 Å². The van der Waals surface area contributed by atoms with E-state index < -0.39 is 0 Å². The quantitative estimate of drug-likeness (QED) is 0.834. The second-order valence-corrected chi connectivity index (χ2v) is 6.91. The van der Waals surface area contributed by atoms with Gasteiger partial charge in [-0.2, -0.15) is 0 Å². The van der Waals surface area contributed by atoms with Crippen LogP contribution in [0.5, 0.6) is 5.75 Å². The fraction of sp³-hybridized carbons (Fsp3) is 0.364. The molecule has 1 aliphatic heterocycles. The number of morpholine rings is 1. The molecule has 1 N–H and O–H groups in total. The molecule has 1 heterocycles. The molecule has 1 saturated heterocycles. The lowest BCUT2D eigenvalue weighted by atomic mass is 10.1. The van der Waals surface area contributed by atoms with Crippen LogP contribution in [0.3, 0.4) is 0 Å². The molecular weight excluding hydrogens is 356 g/mol. The van der Waals surface area contributed by atoms with E-state index in [9.17, 15) is 9.59 Å². The van der Waals surface area contributed by atoms with Crippen molar-refractivity contribution in [1.29, 1.82) is 0 Å². The molecule has 148 valence electrons. The van der Waals surface area contributed by atoms with E-state index in [4.69, 9.17) is 9.47 Å². The van der Waals surface area contributed by atoms with E-state index in [0.717, 1.165) is 11.3 Å². The summed E-state index contributed by atoms with van der Waals surface area (Å²) in [6.45, 7) is 3.67. The second kappa shape index (κ2) is 9.37. The number of amides is 2. The maximum Gasteiger partial charge on any atom is 0.254 e. The van der Waals surface area contributed by atoms with Crippen LogP contribution in [-0.4, -0.2) is 49.6 Å². The van der Waals surface area contributed by atoms with Gasteiger partial charge in [-0.05, 0) is 49.2 Å². The summed E-state index contributed by atoms with van der Waals surface area (Å²) in [4.78, 5) is 26.8. The summed E-state index contributed by atoms with van der Waals surface area (Å²) in [7, 11) is 1.62. The Hall–Kier alpha value is -2.86. The van der Waals surface area contributed by atoms with Gasteiger partial charge in [-0.1, -0.05) is 18.2 Å². The molecule has 0 spiro atoms. The van der Waals surface area contributed by atoms with Gasteiger partial charge in [0, 0.05) is 30.8 Å². The lowest BCUT2D eigenvalue weighted by molar-refractivity contribution is -0.116. The van der Waals surface area contributed by atoms with E-state index in [1.165, 1.54) is 0 Å². The highest BCUT2D eigenvalue weighted by Crippen LogP contribution is 2.17. The molecule has 2 amide bonds. The van der Waals surface area contributed by atoms with Gasteiger partial charge >= 0.3 is 0 Å². The van der Waals surface area contributed by atoms with E-state index in [0.29, 0.717) is 43.8 Å². The summed E-state index contributed by atoms with van der Waals surface area (Å²) in [5.74, 6) is 0.650. The van der Waals surface area contributed by atoms with Crippen molar-refractivity contribution in [2.45, 2.75) is 25.9 Å². The third-order valence-corrected chi connectivity index (χ3v) is 4.70. The van der Waals surface area contributed by atoms with Crippen LogP contribution in [0.25, 0.3) is 0 Å². The second-order valence-electron chi connectivity index (χ2n) is 6.91. The predicted octanol–water partition coefficient (Wildman–Crippen LogP) is 3.13. The van der Waals surface area contributed by atoms with Gasteiger partial charge in [0.25, 0.3) is 5.91 Å². The molecule has 0 aliphatic carbocycles. The van der Waals surface area contributed by atoms with Crippen molar-refractivity contribution in [3.8, 4) is 5.75 Å². The molecule has 0 saturated carbocycles. The van der Waals surface area contributed by atoms with E-state index in [2.05, 4.69) is 5.32 Å². The first-order valence-electron chi connectivity index (χ1n) is 9.49. The first-order chi connectivity index (χ1) is 13.5. The third kappa shape index (κ3) is 5.33. The largest absolute Gasteiger partial charge is 0.497 e. The highest BCUT2D eigenvalue weighted by molar-refractivity contribution is 5.97. The number of nitrogens with one attached hydrogen (secondary N) is 1. The molecule has 2 aromatic carbocycles. The Kier molecular flexibility index (Phi) is 6.66. The first-order valence-corrected chi connectivity index (χ1v) is 9.49. The predicted molar refractivity (Wildman–Crippen MR) is 108 cm³/mol. The van der Waals surface area contributed by atoms with Crippen molar-refractivity contribution in [3.05, 3.63) is 59.7 Å². The van der Waals surface area contributed by atoms with Crippen molar-refractivity contribution < 1.29 is 19.1 Å². The Labute approximate surface area is 165 Å². The Balaban J connectivity index is 1.57. The smallest absolute Gasteiger partial charge is 0.254 e. The number of nitrogens with zero attached hydrogens (tertiary/aromatic N) is 1. The van der Waals surface area contributed by atoms with E-state index in [1.54, 1.807) is 36.3 Å². The fourth-order valence-electron chi connectivity index (χ4n) is 3.22. The summed E-state index contributed by atoms with van der Waals surface area (Å²) in [5.41, 5.74) is 2.24. The maximum absolute atomic E-state index is 12.7. The van der Waals surface area contributed by atoms with Gasteiger partial charge in [0.2, 0.25) is 5.91 Å². The molecule has 0 bridgehead atoms. The lowest BCUT2D eigenvalue weighted by Crippen LogP contribution is -2.44. The summed E-state index contributed by atoms with van der Waals surface area (Å²) in [5, 5.41) is 2.88. The monoisotopic (exact) mass is 382 g/mol. The molecule has 3 rings (SSSR count). The number of aryl methyl sites for hydroxylation is 1.